The number of hydrogen-bond acceptors (Lipinski definition) is 3. The van der Waals surface area contributed by atoms with E-state index in [1.807, 2.05) is 18.2 Å². The first-order valence-electron chi connectivity index (χ1n) is 8.37. The Balaban J connectivity index is 1.86. The Kier molecular flexibility index (Phi) is 7.14. The number of guanidine groups is 1. The zero-order valence-corrected chi connectivity index (χ0v) is 15.4. The first-order valence-corrected chi connectivity index (χ1v) is 8.37. The van der Waals surface area contributed by atoms with Gasteiger partial charge in [0.25, 0.3) is 0 Å². The Bertz CT molecular complexity index is 714. The molecule has 0 spiro atoms. The van der Waals surface area contributed by atoms with E-state index in [0.29, 0.717) is 6.54 Å². The van der Waals surface area contributed by atoms with Crippen molar-refractivity contribution in [3.05, 3.63) is 59.2 Å². The predicted molar refractivity (Wildman–Crippen MR) is 103 cm³/mol. The Morgan fingerprint density at radius 3 is 2.56 bits per heavy atom. The summed E-state index contributed by atoms with van der Waals surface area (Å²) in [4.78, 5) is 4.27. The van der Waals surface area contributed by atoms with Crippen LogP contribution in [0.3, 0.4) is 0 Å². The van der Waals surface area contributed by atoms with Crippen molar-refractivity contribution in [2.24, 2.45) is 4.99 Å². The monoisotopic (exact) mass is 341 g/mol. The number of benzene rings is 2. The summed E-state index contributed by atoms with van der Waals surface area (Å²) in [5, 5.41) is 6.65. The average molecular weight is 341 g/mol. The highest BCUT2D eigenvalue weighted by Gasteiger charge is 2.06. The first kappa shape index (κ1) is 18.6. The van der Waals surface area contributed by atoms with E-state index in [2.05, 4.69) is 46.8 Å². The van der Waals surface area contributed by atoms with Crippen LogP contribution in [0.25, 0.3) is 0 Å². The second-order valence-electron chi connectivity index (χ2n) is 5.77. The molecule has 0 fully saturated rings. The van der Waals surface area contributed by atoms with E-state index >= 15 is 0 Å². The zero-order chi connectivity index (χ0) is 18.1. The summed E-state index contributed by atoms with van der Waals surface area (Å²) in [5.74, 6) is 2.34. The van der Waals surface area contributed by atoms with E-state index in [-0.39, 0.29) is 0 Å². The fourth-order valence-electron chi connectivity index (χ4n) is 2.59. The summed E-state index contributed by atoms with van der Waals surface area (Å²) < 4.78 is 10.6. The molecule has 0 unspecified atom stereocenters. The number of hydrogen-bond donors (Lipinski definition) is 2. The largest absolute Gasteiger partial charge is 0.497 e. The van der Waals surface area contributed by atoms with Gasteiger partial charge in [-0.15, -0.1) is 0 Å². The maximum atomic E-state index is 5.42. The van der Waals surface area contributed by atoms with Crippen molar-refractivity contribution < 1.29 is 9.47 Å². The molecule has 0 aliphatic rings. The van der Waals surface area contributed by atoms with E-state index in [0.717, 1.165) is 36.0 Å². The van der Waals surface area contributed by atoms with Crippen molar-refractivity contribution in [1.29, 1.82) is 0 Å². The Labute approximate surface area is 150 Å². The number of methoxy groups -OCH3 is 2. The lowest BCUT2D eigenvalue weighted by Gasteiger charge is -2.14. The minimum Gasteiger partial charge on any atom is -0.497 e. The van der Waals surface area contributed by atoms with Crippen LogP contribution in [0.5, 0.6) is 11.5 Å². The van der Waals surface area contributed by atoms with Crippen molar-refractivity contribution in [2.45, 2.75) is 19.9 Å². The van der Waals surface area contributed by atoms with Gasteiger partial charge in [-0.25, -0.2) is 0 Å². The van der Waals surface area contributed by atoms with Crippen LogP contribution in [-0.4, -0.2) is 33.8 Å². The third kappa shape index (κ3) is 5.71. The second kappa shape index (κ2) is 9.57. The van der Waals surface area contributed by atoms with Gasteiger partial charge < -0.3 is 20.1 Å². The molecule has 0 atom stereocenters. The molecule has 2 aromatic carbocycles. The summed E-state index contributed by atoms with van der Waals surface area (Å²) >= 11 is 0. The zero-order valence-electron chi connectivity index (χ0n) is 15.4. The molecule has 0 aliphatic carbocycles. The molecule has 0 saturated carbocycles. The smallest absolute Gasteiger partial charge is 0.191 e. The molecular formula is C20H27N3O2. The lowest BCUT2D eigenvalue weighted by Crippen LogP contribution is -2.37. The molecule has 0 saturated heterocycles. The van der Waals surface area contributed by atoms with Gasteiger partial charge in [0.1, 0.15) is 11.5 Å². The minimum atomic E-state index is 0.622. The normalized spacial score (nSPS) is 11.1. The third-order valence-corrected chi connectivity index (χ3v) is 3.95. The minimum absolute atomic E-state index is 0.622. The van der Waals surface area contributed by atoms with Gasteiger partial charge in [0.15, 0.2) is 5.96 Å². The Hall–Kier alpha value is -2.69. The standard InChI is InChI=1S/C20H27N3O2/c1-15-6-5-7-16(12-15)10-11-22-20(21-2)23-14-17-8-9-18(24-3)13-19(17)25-4/h5-9,12-13H,10-11,14H2,1-4H3,(H2,21,22,23). The molecule has 0 aliphatic heterocycles. The van der Waals surface area contributed by atoms with Gasteiger partial charge in [0, 0.05) is 31.8 Å². The van der Waals surface area contributed by atoms with Crippen LogP contribution in [0.1, 0.15) is 16.7 Å². The quantitative estimate of drug-likeness (QED) is 0.601. The van der Waals surface area contributed by atoms with Crippen LogP contribution >= 0.6 is 0 Å². The molecule has 2 aromatic rings. The maximum absolute atomic E-state index is 5.42. The Morgan fingerprint density at radius 1 is 1.04 bits per heavy atom. The van der Waals surface area contributed by atoms with E-state index in [1.54, 1.807) is 21.3 Å². The van der Waals surface area contributed by atoms with Crippen LogP contribution in [0, 0.1) is 6.92 Å². The van der Waals surface area contributed by atoms with Crippen LogP contribution in [0.4, 0.5) is 0 Å². The summed E-state index contributed by atoms with van der Waals surface area (Å²) in [6, 6.07) is 14.4. The number of aryl methyl sites for hydroxylation is 1. The van der Waals surface area contributed by atoms with Crippen LogP contribution < -0.4 is 20.1 Å². The highest BCUT2D eigenvalue weighted by Crippen LogP contribution is 2.24. The number of nitrogens with one attached hydrogen (secondary N) is 2. The van der Waals surface area contributed by atoms with Gasteiger partial charge in [0.05, 0.1) is 14.2 Å². The highest BCUT2D eigenvalue weighted by molar-refractivity contribution is 5.79. The fourth-order valence-corrected chi connectivity index (χ4v) is 2.59. The second-order valence-corrected chi connectivity index (χ2v) is 5.77. The molecule has 5 heteroatoms. The molecule has 25 heavy (non-hydrogen) atoms. The Morgan fingerprint density at radius 2 is 1.88 bits per heavy atom. The fraction of sp³-hybridized carbons (Fsp3) is 0.350. The van der Waals surface area contributed by atoms with Crippen molar-refractivity contribution in [1.82, 2.24) is 10.6 Å². The van der Waals surface area contributed by atoms with Gasteiger partial charge in [-0.05, 0) is 31.0 Å². The summed E-state index contributed by atoms with van der Waals surface area (Å²) in [6.45, 7) is 3.56. The number of nitrogens with zero attached hydrogens (tertiary/aromatic N) is 1. The molecule has 0 bridgehead atoms. The summed E-state index contributed by atoms with van der Waals surface area (Å²) in [7, 11) is 5.08. The van der Waals surface area contributed by atoms with Gasteiger partial charge >= 0.3 is 0 Å². The molecule has 2 N–H and O–H groups in total. The lowest BCUT2D eigenvalue weighted by atomic mass is 10.1. The molecule has 0 radical (unpaired) electrons. The average Bonchev–Trinajstić information content (AvgIpc) is 2.64. The van der Waals surface area contributed by atoms with E-state index in [4.69, 9.17) is 9.47 Å². The van der Waals surface area contributed by atoms with Gasteiger partial charge in [-0.3, -0.25) is 4.99 Å². The van der Waals surface area contributed by atoms with Crippen LogP contribution in [-0.2, 0) is 13.0 Å². The first-order chi connectivity index (χ1) is 12.2. The molecule has 134 valence electrons. The molecule has 0 aromatic heterocycles. The van der Waals surface area contributed by atoms with E-state index in [9.17, 15) is 0 Å². The number of rotatable bonds is 7. The van der Waals surface area contributed by atoms with Crippen molar-refractivity contribution in [3.8, 4) is 11.5 Å². The molecule has 0 amide bonds. The van der Waals surface area contributed by atoms with Crippen molar-refractivity contribution >= 4 is 5.96 Å². The molecule has 5 nitrogen and oxygen atoms in total. The molecular weight excluding hydrogens is 314 g/mol. The highest BCUT2D eigenvalue weighted by atomic mass is 16.5. The topological polar surface area (TPSA) is 54.9 Å². The van der Waals surface area contributed by atoms with E-state index < -0.39 is 0 Å². The van der Waals surface area contributed by atoms with E-state index in [1.165, 1.54) is 11.1 Å². The summed E-state index contributed by atoms with van der Waals surface area (Å²) in [6.07, 6.45) is 0.953. The third-order valence-electron chi connectivity index (χ3n) is 3.95. The number of aliphatic imine (C=N–C) groups is 1. The SMILES string of the molecule is CN=C(NCCc1cccc(C)c1)NCc1ccc(OC)cc1OC. The van der Waals surface area contributed by atoms with Crippen LogP contribution in [0.2, 0.25) is 0 Å². The van der Waals surface area contributed by atoms with Crippen LogP contribution in [0.15, 0.2) is 47.5 Å². The number of ether oxygens (including phenoxy) is 2. The maximum Gasteiger partial charge on any atom is 0.191 e. The van der Waals surface area contributed by atoms with Gasteiger partial charge in [-0.1, -0.05) is 29.8 Å². The predicted octanol–water partition coefficient (Wildman–Crippen LogP) is 2.92. The van der Waals surface area contributed by atoms with Gasteiger partial charge in [0.2, 0.25) is 0 Å². The molecule has 0 heterocycles. The molecule has 2 rings (SSSR count). The summed E-state index contributed by atoms with van der Waals surface area (Å²) in [5.41, 5.74) is 3.65. The van der Waals surface area contributed by atoms with Gasteiger partial charge in [-0.2, -0.15) is 0 Å². The van der Waals surface area contributed by atoms with Crippen molar-refractivity contribution in [2.75, 3.05) is 27.8 Å². The lowest BCUT2D eigenvalue weighted by molar-refractivity contribution is 0.390. The van der Waals surface area contributed by atoms with Crippen molar-refractivity contribution in [3.63, 3.8) is 0 Å².